The first kappa shape index (κ1) is 15.3. The molecule has 0 amide bonds. The van der Waals surface area contributed by atoms with Crippen LogP contribution in [0, 0.1) is 6.92 Å². The summed E-state index contributed by atoms with van der Waals surface area (Å²) in [6.45, 7) is 4.36. The van der Waals surface area contributed by atoms with Crippen LogP contribution < -0.4 is 5.32 Å². The fraction of sp³-hybridized carbons (Fsp3) is 0.333. The quantitative estimate of drug-likeness (QED) is 0.925. The van der Waals surface area contributed by atoms with Crippen molar-refractivity contribution in [3.05, 3.63) is 53.5 Å². The smallest absolute Gasteiger partial charge is 0.368 e. The molecular weight excluding hydrogens is 279 g/mol. The van der Waals surface area contributed by atoms with Gasteiger partial charge < -0.3 is 5.32 Å². The van der Waals surface area contributed by atoms with Crippen LogP contribution in [-0.2, 0) is 6.18 Å². The third-order valence-electron chi connectivity index (χ3n) is 3.15. The molecule has 1 aromatic carbocycles. The maximum absolute atomic E-state index is 12.5. The van der Waals surface area contributed by atoms with Crippen molar-refractivity contribution in [2.24, 2.45) is 0 Å². The molecule has 0 aliphatic carbocycles. The Labute approximate surface area is 121 Å². The van der Waals surface area contributed by atoms with E-state index in [4.69, 9.17) is 0 Å². The molecule has 1 aromatic heterocycles. The zero-order chi connectivity index (χ0) is 15.5. The Morgan fingerprint density at radius 3 is 2.38 bits per heavy atom. The normalized spacial score (nSPS) is 13.0. The van der Waals surface area contributed by atoms with E-state index in [0.717, 1.165) is 23.4 Å². The van der Waals surface area contributed by atoms with Crippen molar-refractivity contribution in [2.45, 2.75) is 25.9 Å². The Morgan fingerprint density at radius 2 is 1.81 bits per heavy atom. The molecule has 0 saturated carbocycles. The van der Waals surface area contributed by atoms with Crippen LogP contribution in [0.1, 0.15) is 29.7 Å². The van der Waals surface area contributed by atoms with Crippen molar-refractivity contribution >= 4 is 5.82 Å². The third kappa shape index (κ3) is 4.18. The van der Waals surface area contributed by atoms with Crippen molar-refractivity contribution in [3.63, 3.8) is 0 Å². The number of alkyl halides is 3. The number of rotatable bonds is 4. The minimum Gasteiger partial charge on any atom is -0.368 e. The first-order valence-corrected chi connectivity index (χ1v) is 6.56. The number of aryl methyl sites for hydroxylation is 1. The molecule has 0 bridgehead atoms. The van der Waals surface area contributed by atoms with E-state index in [2.05, 4.69) is 15.3 Å². The molecule has 6 heteroatoms. The van der Waals surface area contributed by atoms with E-state index in [1.165, 1.54) is 12.1 Å². The van der Waals surface area contributed by atoms with Gasteiger partial charge in [-0.25, -0.2) is 4.98 Å². The van der Waals surface area contributed by atoms with E-state index >= 15 is 0 Å². The van der Waals surface area contributed by atoms with Gasteiger partial charge in [-0.3, -0.25) is 4.98 Å². The molecule has 2 aromatic rings. The topological polar surface area (TPSA) is 37.8 Å². The molecule has 0 fully saturated rings. The van der Waals surface area contributed by atoms with Gasteiger partial charge in [0, 0.05) is 12.7 Å². The zero-order valence-corrected chi connectivity index (χ0v) is 11.8. The standard InChI is InChI=1S/C15H16F3N3/c1-10(7-20-14-9-19-8-11(2)21-14)12-3-5-13(6-4-12)15(16,17)18/h3-6,8-10H,7H2,1-2H3,(H,20,21). The molecule has 0 aliphatic rings. The second kappa shape index (κ2) is 6.11. The Morgan fingerprint density at radius 1 is 1.14 bits per heavy atom. The van der Waals surface area contributed by atoms with Crippen molar-refractivity contribution in [1.29, 1.82) is 0 Å². The summed E-state index contributed by atoms with van der Waals surface area (Å²) >= 11 is 0. The maximum Gasteiger partial charge on any atom is 0.416 e. The van der Waals surface area contributed by atoms with Crippen molar-refractivity contribution < 1.29 is 13.2 Å². The van der Waals surface area contributed by atoms with Crippen LogP contribution in [0.25, 0.3) is 0 Å². The van der Waals surface area contributed by atoms with Gasteiger partial charge in [0.1, 0.15) is 5.82 Å². The Bertz CT molecular complexity index is 594. The van der Waals surface area contributed by atoms with Crippen molar-refractivity contribution in [2.75, 3.05) is 11.9 Å². The van der Waals surface area contributed by atoms with Crippen molar-refractivity contribution in [3.8, 4) is 0 Å². The summed E-state index contributed by atoms with van der Waals surface area (Å²) in [5.74, 6) is 0.725. The van der Waals surface area contributed by atoms with Crippen LogP contribution in [0.5, 0.6) is 0 Å². The lowest BCUT2D eigenvalue weighted by atomic mass is 9.99. The second-order valence-corrected chi connectivity index (χ2v) is 4.95. The van der Waals surface area contributed by atoms with E-state index in [9.17, 15) is 13.2 Å². The Hall–Kier alpha value is -2.11. The van der Waals surface area contributed by atoms with E-state index < -0.39 is 11.7 Å². The van der Waals surface area contributed by atoms with E-state index in [0.29, 0.717) is 12.4 Å². The molecule has 1 N–H and O–H groups in total. The molecule has 1 unspecified atom stereocenters. The van der Waals surface area contributed by atoms with Gasteiger partial charge in [0.05, 0.1) is 17.5 Å². The third-order valence-corrected chi connectivity index (χ3v) is 3.15. The monoisotopic (exact) mass is 295 g/mol. The van der Waals surface area contributed by atoms with Gasteiger partial charge in [-0.15, -0.1) is 0 Å². The van der Waals surface area contributed by atoms with Gasteiger partial charge in [-0.05, 0) is 30.5 Å². The van der Waals surface area contributed by atoms with Crippen LogP contribution in [0.3, 0.4) is 0 Å². The lowest BCUT2D eigenvalue weighted by molar-refractivity contribution is -0.137. The number of anilines is 1. The summed E-state index contributed by atoms with van der Waals surface area (Å²) < 4.78 is 37.5. The molecule has 0 aliphatic heterocycles. The molecule has 0 radical (unpaired) electrons. The second-order valence-electron chi connectivity index (χ2n) is 4.95. The zero-order valence-electron chi connectivity index (χ0n) is 11.8. The molecule has 1 heterocycles. The Kier molecular flexibility index (Phi) is 4.45. The van der Waals surface area contributed by atoms with Crippen LogP contribution in [0.4, 0.5) is 19.0 Å². The summed E-state index contributed by atoms with van der Waals surface area (Å²) in [4.78, 5) is 8.29. The molecule has 2 rings (SSSR count). The van der Waals surface area contributed by atoms with E-state index in [1.54, 1.807) is 12.4 Å². The fourth-order valence-electron chi connectivity index (χ4n) is 1.92. The molecule has 21 heavy (non-hydrogen) atoms. The SMILES string of the molecule is Cc1cncc(NCC(C)c2ccc(C(F)(F)F)cc2)n1. The van der Waals surface area contributed by atoms with Gasteiger partial charge in [-0.2, -0.15) is 13.2 Å². The predicted octanol–water partition coefficient (Wildman–Crippen LogP) is 4.02. The molecule has 0 spiro atoms. The maximum atomic E-state index is 12.5. The van der Waals surface area contributed by atoms with E-state index in [1.807, 2.05) is 13.8 Å². The van der Waals surface area contributed by atoms with Gasteiger partial charge >= 0.3 is 6.18 Å². The fourth-order valence-corrected chi connectivity index (χ4v) is 1.92. The molecule has 0 saturated heterocycles. The van der Waals surface area contributed by atoms with Gasteiger partial charge in [0.25, 0.3) is 0 Å². The number of aromatic nitrogens is 2. The van der Waals surface area contributed by atoms with Crippen LogP contribution in [-0.4, -0.2) is 16.5 Å². The van der Waals surface area contributed by atoms with Crippen molar-refractivity contribution in [1.82, 2.24) is 9.97 Å². The van der Waals surface area contributed by atoms with Gasteiger partial charge in [-0.1, -0.05) is 19.1 Å². The number of hydrogen-bond acceptors (Lipinski definition) is 3. The highest BCUT2D eigenvalue weighted by Crippen LogP contribution is 2.30. The predicted molar refractivity (Wildman–Crippen MR) is 75.1 cm³/mol. The summed E-state index contributed by atoms with van der Waals surface area (Å²) in [5.41, 5.74) is 1.02. The number of nitrogens with one attached hydrogen (secondary N) is 1. The average Bonchev–Trinajstić information content (AvgIpc) is 2.44. The van der Waals surface area contributed by atoms with Crippen LogP contribution >= 0.6 is 0 Å². The number of halogens is 3. The molecule has 3 nitrogen and oxygen atoms in total. The highest BCUT2D eigenvalue weighted by molar-refractivity contribution is 5.33. The van der Waals surface area contributed by atoms with Crippen LogP contribution in [0.15, 0.2) is 36.7 Å². The summed E-state index contributed by atoms with van der Waals surface area (Å²) in [6.07, 6.45) is -1.02. The summed E-state index contributed by atoms with van der Waals surface area (Å²) in [7, 11) is 0. The largest absolute Gasteiger partial charge is 0.416 e. The Balaban J connectivity index is 1.99. The first-order chi connectivity index (χ1) is 9.86. The average molecular weight is 295 g/mol. The summed E-state index contributed by atoms with van der Waals surface area (Å²) in [6, 6.07) is 5.24. The lowest BCUT2D eigenvalue weighted by Crippen LogP contribution is -2.12. The minimum atomic E-state index is -4.29. The van der Waals surface area contributed by atoms with Gasteiger partial charge in [0.15, 0.2) is 0 Å². The lowest BCUT2D eigenvalue weighted by Gasteiger charge is -2.14. The molecule has 112 valence electrons. The van der Waals surface area contributed by atoms with Crippen LogP contribution in [0.2, 0.25) is 0 Å². The first-order valence-electron chi connectivity index (χ1n) is 6.56. The number of benzene rings is 1. The highest BCUT2D eigenvalue weighted by Gasteiger charge is 2.30. The summed E-state index contributed by atoms with van der Waals surface area (Å²) in [5, 5.41) is 3.13. The van der Waals surface area contributed by atoms with Gasteiger partial charge in [0.2, 0.25) is 0 Å². The minimum absolute atomic E-state index is 0.0644. The highest BCUT2D eigenvalue weighted by atomic mass is 19.4. The van der Waals surface area contributed by atoms with E-state index in [-0.39, 0.29) is 5.92 Å². The number of nitrogens with zero attached hydrogens (tertiary/aromatic N) is 2. The molecular formula is C15H16F3N3. The number of hydrogen-bond donors (Lipinski definition) is 1. The molecule has 1 atom stereocenters.